The molecule has 0 radical (unpaired) electrons. The van der Waals surface area contributed by atoms with Crippen LogP contribution in [-0.2, 0) is 4.79 Å². The zero-order valence-corrected chi connectivity index (χ0v) is 8.21. The van der Waals surface area contributed by atoms with E-state index >= 15 is 0 Å². The maximum Gasteiger partial charge on any atom is 0.227 e. The van der Waals surface area contributed by atoms with Gasteiger partial charge in [0.2, 0.25) is 5.91 Å². The van der Waals surface area contributed by atoms with Gasteiger partial charge in [-0.1, -0.05) is 0 Å². The van der Waals surface area contributed by atoms with Crippen molar-refractivity contribution in [3.05, 3.63) is 11.1 Å². The molecule has 0 aliphatic heterocycles. The van der Waals surface area contributed by atoms with Gasteiger partial charge in [0.1, 0.15) is 0 Å². The average molecular weight is 205 g/mol. The number of halogens is 1. The number of hydrogen-bond donors (Lipinski definition) is 1. The molecule has 0 aliphatic carbocycles. The molecule has 0 fully saturated rings. The summed E-state index contributed by atoms with van der Waals surface area (Å²) < 4.78 is 0. The van der Waals surface area contributed by atoms with Crippen molar-refractivity contribution in [3.8, 4) is 0 Å². The largest absolute Gasteiger partial charge is 0.302 e. The molecule has 0 bridgehead atoms. The van der Waals surface area contributed by atoms with Crippen LogP contribution >= 0.6 is 22.9 Å². The van der Waals surface area contributed by atoms with Crippen LogP contribution in [0.3, 0.4) is 0 Å². The van der Waals surface area contributed by atoms with Crippen LogP contribution < -0.4 is 5.32 Å². The lowest BCUT2D eigenvalue weighted by Gasteiger charge is -1.96. The summed E-state index contributed by atoms with van der Waals surface area (Å²) in [5, 5.41) is 3.29. The lowest BCUT2D eigenvalue weighted by molar-refractivity contribution is -0.115. The number of aromatic nitrogens is 1. The van der Waals surface area contributed by atoms with Crippen molar-refractivity contribution < 1.29 is 4.79 Å². The molecule has 66 valence electrons. The van der Waals surface area contributed by atoms with Crippen LogP contribution in [0, 0.1) is 6.92 Å². The summed E-state index contributed by atoms with van der Waals surface area (Å²) in [5.41, 5.74) is 0. The SMILES string of the molecule is Cc1cnc(NC(=O)CCCl)s1. The number of rotatable bonds is 3. The third kappa shape index (κ3) is 2.79. The predicted octanol–water partition coefficient (Wildman–Crippen LogP) is 2.02. The Bertz CT molecular complexity index is 274. The van der Waals surface area contributed by atoms with Crippen LogP contribution in [-0.4, -0.2) is 16.8 Å². The Balaban J connectivity index is 2.46. The average Bonchev–Trinajstić information content (AvgIpc) is 2.36. The fraction of sp³-hybridized carbons (Fsp3) is 0.429. The highest BCUT2D eigenvalue weighted by molar-refractivity contribution is 7.15. The summed E-state index contributed by atoms with van der Waals surface area (Å²) >= 11 is 6.85. The molecule has 1 aromatic rings. The van der Waals surface area contributed by atoms with Gasteiger partial charge in [-0.25, -0.2) is 4.98 Å². The van der Waals surface area contributed by atoms with E-state index in [2.05, 4.69) is 10.3 Å². The number of nitrogens with one attached hydrogen (secondary N) is 1. The van der Waals surface area contributed by atoms with Crippen molar-refractivity contribution in [1.29, 1.82) is 0 Å². The second kappa shape index (κ2) is 4.42. The molecule has 1 aromatic heterocycles. The molecule has 5 heteroatoms. The van der Waals surface area contributed by atoms with E-state index in [1.165, 1.54) is 11.3 Å². The summed E-state index contributed by atoms with van der Waals surface area (Å²) in [4.78, 5) is 16.1. The van der Waals surface area contributed by atoms with Crippen LogP contribution in [0.2, 0.25) is 0 Å². The summed E-state index contributed by atoms with van der Waals surface area (Å²) in [5.74, 6) is 0.260. The highest BCUT2D eigenvalue weighted by Crippen LogP contribution is 2.16. The van der Waals surface area contributed by atoms with Gasteiger partial charge < -0.3 is 5.32 Å². The molecule has 0 saturated carbocycles. The molecule has 0 saturated heterocycles. The molecule has 0 atom stereocenters. The first kappa shape index (κ1) is 9.48. The smallest absolute Gasteiger partial charge is 0.227 e. The van der Waals surface area contributed by atoms with Gasteiger partial charge in [0.05, 0.1) is 0 Å². The Morgan fingerprint density at radius 1 is 1.83 bits per heavy atom. The third-order valence-corrected chi connectivity index (χ3v) is 2.21. The predicted molar refractivity (Wildman–Crippen MR) is 50.8 cm³/mol. The molecular weight excluding hydrogens is 196 g/mol. The maximum absolute atomic E-state index is 11.0. The van der Waals surface area contributed by atoms with E-state index in [9.17, 15) is 4.79 Å². The number of anilines is 1. The Labute approximate surface area is 79.8 Å². The summed E-state index contributed by atoms with van der Waals surface area (Å²) in [7, 11) is 0. The number of aryl methyl sites for hydroxylation is 1. The second-order valence-corrected chi connectivity index (χ2v) is 3.88. The number of hydrogen-bond acceptors (Lipinski definition) is 3. The van der Waals surface area contributed by atoms with E-state index in [1.807, 2.05) is 6.92 Å². The van der Waals surface area contributed by atoms with Crippen molar-refractivity contribution in [1.82, 2.24) is 4.98 Å². The molecule has 0 aliphatic rings. The first-order chi connectivity index (χ1) is 5.72. The highest BCUT2D eigenvalue weighted by Gasteiger charge is 2.03. The Hall–Kier alpha value is -0.610. The fourth-order valence-electron chi connectivity index (χ4n) is 0.680. The normalized spacial score (nSPS) is 9.83. The summed E-state index contributed by atoms with van der Waals surface area (Å²) in [6.45, 7) is 1.94. The summed E-state index contributed by atoms with van der Waals surface area (Å²) in [6, 6.07) is 0. The molecule has 1 rings (SSSR count). The van der Waals surface area contributed by atoms with Gasteiger partial charge in [0.15, 0.2) is 5.13 Å². The fourth-order valence-corrected chi connectivity index (χ4v) is 1.53. The minimum atomic E-state index is -0.0839. The van der Waals surface area contributed by atoms with Gasteiger partial charge in [0, 0.05) is 23.4 Å². The quantitative estimate of drug-likeness (QED) is 0.766. The molecule has 3 nitrogen and oxygen atoms in total. The standard InChI is InChI=1S/C7H9ClN2OS/c1-5-4-9-7(12-5)10-6(11)2-3-8/h4H,2-3H2,1H3,(H,9,10,11). The van der Waals surface area contributed by atoms with Crippen LogP contribution in [0.1, 0.15) is 11.3 Å². The molecule has 1 heterocycles. The van der Waals surface area contributed by atoms with Crippen LogP contribution in [0.25, 0.3) is 0 Å². The van der Waals surface area contributed by atoms with E-state index in [0.717, 1.165) is 4.88 Å². The minimum Gasteiger partial charge on any atom is -0.302 e. The van der Waals surface area contributed by atoms with E-state index < -0.39 is 0 Å². The van der Waals surface area contributed by atoms with Crippen molar-refractivity contribution in [2.45, 2.75) is 13.3 Å². The van der Waals surface area contributed by atoms with Gasteiger partial charge in [-0.15, -0.1) is 22.9 Å². The van der Waals surface area contributed by atoms with Gasteiger partial charge in [-0.2, -0.15) is 0 Å². The number of nitrogens with zero attached hydrogens (tertiary/aromatic N) is 1. The van der Waals surface area contributed by atoms with E-state index in [-0.39, 0.29) is 5.91 Å². The zero-order chi connectivity index (χ0) is 8.97. The lowest BCUT2D eigenvalue weighted by Crippen LogP contribution is -2.11. The van der Waals surface area contributed by atoms with Crippen LogP contribution in [0.15, 0.2) is 6.20 Å². The van der Waals surface area contributed by atoms with Crippen molar-refractivity contribution >= 4 is 34.0 Å². The number of alkyl halides is 1. The minimum absolute atomic E-state index is 0.0839. The monoisotopic (exact) mass is 204 g/mol. The topological polar surface area (TPSA) is 42.0 Å². The Morgan fingerprint density at radius 2 is 2.58 bits per heavy atom. The van der Waals surface area contributed by atoms with E-state index in [1.54, 1.807) is 6.20 Å². The molecular formula is C7H9ClN2OS. The molecule has 1 amide bonds. The number of carbonyl (C=O) groups is 1. The maximum atomic E-state index is 11.0. The van der Waals surface area contributed by atoms with Gasteiger partial charge in [-0.3, -0.25) is 4.79 Å². The summed E-state index contributed by atoms with van der Waals surface area (Å²) in [6.07, 6.45) is 2.06. The molecule has 0 spiro atoms. The molecule has 12 heavy (non-hydrogen) atoms. The Kier molecular flexibility index (Phi) is 3.49. The first-order valence-corrected chi connectivity index (χ1v) is 4.85. The van der Waals surface area contributed by atoms with Crippen LogP contribution in [0.5, 0.6) is 0 Å². The van der Waals surface area contributed by atoms with Crippen molar-refractivity contribution in [3.63, 3.8) is 0 Å². The molecule has 1 N–H and O–H groups in total. The van der Waals surface area contributed by atoms with Gasteiger partial charge in [-0.05, 0) is 6.92 Å². The second-order valence-electron chi connectivity index (χ2n) is 2.26. The van der Waals surface area contributed by atoms with Crippen LogP contribution in [0.4, 0.5) is 5.13 Å². The molecule has 0 unspecified atom stereocenters. The Morgan fingerprint density at radius 3 is 3.08 bits per heavy atom. The molecule has 0 aromatic carbocycles. The van der Waals surface area contributed by atoms with E-state index in [0.29, 0.717) is 17.4 Å². The first-order valence-electron chi connectivity index (χ1n) is 3.50. The number of amides is 1. The van der Waals surface area contributed by atoms with Crippen molar-refractivity contribution in [2.24, 2.45) is 0 Å². The number of thiazole rings is 1. The van der Waals surface area contributed by atoms with Gasteiger partial charge >= 0.3 is 0 Å². The zero-order valence-electron chi connectivity index (χ0n) is 6.63. The highest BCUT2D eigenvalue weighted by atomic mass is 35.5. The lowest BCUT2D eigenvalue weighted by atomic mass is 10.5. The van der Waals surface area contributed by atoms with E-state index in [4.69, 9.17) is 11.6 Å². The van der Waals surface area contributed by atoms with Crippen molar-refractivity contribution in [2.75, 3.05) is 11.2 Å². The number of carbonyl (C=O) groups excluding carboxylic acids is 1. The third-order valence-electron chi connectivity index (χ3n) is 1.19. The van der Waals surface area contributed by atoms with Gasteiger partial charge in [0.25, 0.3) is 0 Å².